The summed E-state index contributed by atoms with van der Waals surface area (Å²) >= 11 is 0. The zero-order valence-corrected chi connectivity index (χ0v) is 8.97. The maximum Gasteiger partial charge on any atom is 0.238 e. The SMILES string of the molecule is Cc1ccc2cc(C(N)C(N)=O)ccc2n1. The van der Waals surface area contributed by atoms with Gasteiger partial charge in [0.2, 0.25) is 5.91 Å². The molecule has 1 aromatic carbocycles. The largest absolute Gasteiger partial charge is 0.368 e. The van der Waals surface area contributed by atoms with Gasteiger partial charge in [-0.1, -0.05) is 12.1 Å². The number of carbonyl (C=O) groups excluding carboxylic acids is 1. The van der Waals surface area contributed by atoms with E-state index >= 15 is 0 Å². The Hall–Kier alpha value is -1.94. The number of nitrogens with two attached hydrogens (primary N) is 2. The number of aryl methyl sites for hydroxylation is 1. The van der Waals surface area contributed by atoms with Crippen LogP contribution in [-0.2, 0) is 4.79 Å². The third-order valence-electron chi connectivity index (χ3n) is 2.52. The van der Waals surface area contributed by atoms with Crippen molar-refractivity contribution in [3.05, 3.63) is 41.6 Å². The molecule has 0 aliphatic carbocycles. The van der Waals surface area contributed by atoms with Crippen LogP contribution < -0.4 is 11.5 Å². The molecule has 2 rings (SSSR count). The summed E-state index contributed by atoms with van der Waals surface area (Å²) in [6, 6.07) is 8.59. The van der Waals surface area contributed by atoms with Crippen LogP contribution in [0.1, 0.15) is 17.3 Å². The van der Waals surface area contributed by atoms with Gasteiger partial charge >= 0.3 is 0 Å². The molecule has 4 heteroatoms. The summed E-state index contributed by atoms with van der Waals surface area (Å²) < 4.78 is 0. The number of fused-ring (bicyclic) bond motifs is 1. The molecule has 1 unspecified atom stereocenters. The normalized spacial score (nSPS) is 12.6. The number of amides is 1. The molecule has 0 radical (unpaired) electrons. The van der Waals surface area contributed by atoms with E-state index in [0.717, 1.165) is 16.6 Å². The fourth-order valence-electron chi connectivity index (χ4n) is 1.60. The predicted molar refractivity (Wildman–Crippen MR) is 62.6 cm³/mol. The second-order valence-electron chi connectivity index (χ2n) is 3.78. The van der Waals surface area contributed by atoms with Crippen molar-refractivity contribution < 1.29 is 4.79 Å². The highest BCUT2D eigenvalue weighted by Crippen LogP contribution is 2.18. The molecule has 0 aliphatic rings. The first-order valence-corrected chi connectivity index (χ1v) is 5.00. The number of aromatic nitrogens is 1. The third kappa shape index (κ3) is 1.87. The highest BCUT2D eigenvalue weighted by Gasteiger charge is 2.12. The lowest BCUT2D eigenvalue weighted by molar-refractivity contribution is -0.119. The zero-order valence-electron chi connectivity index (χ0n) is 8.97. The second kappa shape index (κ2) is 3.90. The third-order valence-corrected chi connectivity index (χ3v) is 2.52. The number of carbonyl (C=O) groups is 1. The Balaban J connectivity index is 2.52. The summed E-state index contributed by atoms with van der Waals surface area (Å²) in [4.78, 5) is 15.3. The van der Waals surface area contributed by atoms with Crippen LogP contribution in [0.2, 0.25) is 0 Å². The molecular weight excluding hydrogens is 202 g/mol. The van der Waals surface area contributed by atoms with Gasteiger partial charge in [-0.05, 0) is 30.7 Å². The van der Waals surface area contributed by atoms with Crippen molar-refractivity contribution in [2.75, 3.05) is 0 Å². The number of benzene rings is 1. The van der Waals surface area contributed by atoms with Crippen molar-refractivity contribution in [2.24, 2.45) is 11.5 Å². The van der Waals surface area contributed by atoms with Gasteiger partial charge in [-0.25, -0.2) is 0 Å². The number of pyridine rings is 1. The molecule has 0 bridgehead atoms. The lowest BCUT2D eigenvalue weighted by Gasteiger charge is -2.08. The lowest BCUT2D eigenvalue weighted by Crippen LogP contribution is -2.28. The van der Waals surface area contributed by atoms with Crippen LogP contribution in [0, 0.1) is 6.92 Å². The molecule has 4 N–H and O–H groups in total. The molecule has 1 amide bonds. The first-order chi connectivity index (χ1) is 7.58. The summed E-state index contributed by atoms with van der Waals surface area (Å²) in [6.07, 6.45) is 0. The van der Waals surface area contributed by atoms with Gasteiger partial charge in [-0.15, -0.1) is 0 Å². The zero-order chi connectivity index (χ0) is 11.7. The van der Waals surface area contributed by atoms with Gasteiger partial charge in [-0.3, -0.25) is 9.78 Å². The molecule has 0 spiro atoms. The van der Waals surface area contributed by atoms with Crippen LogP contribution >= 0.6 is 0 Å². The van der Waals surface area contributed by atoms with Gasteiger partial charge in [-0.2, -0.15) is 0 Å². The minimum atomic E-state index is -0.759. The number of nitrogens with zero attached hydrogens (tertiary/aromatic N) is 1. The lowest BCUT2D eigenvalue weighted by atomic mass is 10.0. The Morgan fingerprint density at radius 2 is 2.06 bits per heavy atom. The second-order valence-corrected chi connectivity index (χ2v) is 3.78. The topological polar surface area (TPSA) is 82.0 Å². The summed E-state index contributed by atoms with van der Waals surface area (Å²) in [7, 11) is 0. The van der Waals surface area contributed by atoms with Crippen molar-refractivity contribution in [3.8, 4) is 0 Å². The standard InChI is InChI=1S/C12H13N3O/c1-7-2-3-8-6-9(11(13)12(14)16)4-5-10(8)15-7/h2-6,11H,13H2,1H3,(H2,14,16). The number of hydrogen-bond donors (Lipinski definition) is 2. The average Bonchev–Trinajstić information content (AvgIpc) is 2.27. The Bertz CT molecular complexity index is 551. The van der Waals surface area contributed by atoms with E-state index < -0.39 is 11.9 Å². The maximum absolute atomic E-state index is 11.0. The molecule has 1 heterocycles. The van der Waals surface area contributed by atoms with Crippen LogP contribution in [0.25, 0.3) is 10.9 Å². The highest BCUT2D eigenvalue weighted by atomic mass is 16.1. The molecule has 1 atom stereocenters. The molecule has 16 heavy (non-hydrogen) atoms. The van der Waals surface area contributed by atoms with Gasteiger partial charge in [0.05, 0.1) is 5.52 Å². The van der Waals surface area contributed by atoms with Crippen molar-refractivity contribution in [1.82, 2.24) is 4.98 Å². The van der Waals surface area contributed by atoms with E-state index in [1.165, 1.54) is 0 Å². The van der Waals surface area contributed by atoms with Gasteiger partial charge in [0.1, 0.15) is 6.04 Å². The number of primary amides is 1. The van der Waals surface area contributed by atoms with Crippen molar-refractivity contribution in [3.63, 3.8) is 0 Å². The number of hydrogen-bond acceptors (Lipinski definition) is 3. The Morgan fingerprint density at radius 3 is 2.75 bits per heavy atom. The van der Waals surface area contributed by atoms with Gasteiger partial charge < -0.3 is 11.5 Å². The Kier molecular flexibility index (Phi) is 2.58. The first-order valence-electron chi connectivity index (χ1n) is 5.00. The first kappa shape index (κ1) is 10.6. The van der Waals surface area contributed by atoms with Crippen LogP contribution in [0.4, 0.5) is 0 Å². The fourth-order valence-corrected chi connectivity index (χ4v) is 1.60. The summed E-state index contributed by atoms with van der Waals surface area (Å²) in [5, 5.41) is 0.958. The fraction of sp³-hybridized carbons (Fsp3) is 0.167. The van der Waals surface area contributed by atoms with E-state index in [0.29, 0.717) is 5.56 Å². The van der Waals surface area contributed by atoms with E-state index in [4.69, 9.17) is 11.5 Å². The summed E-state index contributed by atoms with van der Waals surface area (Å²) in [6.45, 7) is 1.93. The molecule has 0 aliphatic heterocycles. The Morgan fingerprint density at radius 1 is 1.31 bits per heavy atom. The summed E-state index contributed by atoms with van der Waals surface area (Å²) in [5.74, 6) is -0.528. The van der Waals surface area contributed by atoms with E-state index in [9.17, 15) is 4.79 Å². The molecule has 82 valence electrons. The van der Waals surface area contributed by atoms with E-state index in [1.807, 2.05) is 31.2 Å². The Labute approximate surface area is 93.3 Å². The molecule has 0 saturated carbocycles. The minimum Gasteiger partial charge on any atom is -0.368 e. The van der Waals surface area contributed by atoms with Crippen molar-refractivity contribution in [1.29, 1.82) is 0 Å². The number of rotatable bonds is 2. The highest BCUT2D eigenvalue weighted by molar-refractivity contribution is 5.85. The monoisotopic (exact) mass is 215 g/mol. The molecule has 2 aromatic rings. The van der Waals surface area contributed by atoms with Crippen LogP contribution in [0.3, 0.4) is 0 Å². The smallest absolute Gasteiger partial charge is 0.238 e. The van der Waals surface area contributed by atoms with Crippen LogP contribution in [0.15, 0.2) is 30.3 Å². The van der Waals surface area contributed by atoms with E-state index in [2.05, 4.69) is 4.98 Å². The maximum atomic E-state index is 11.0. The summed E-state index contributed by atoms with van der Waals surface area (Å²) in [5.41, 5.74) is 13.4. The van der Waals surface area contributed by atoms with Crippen molar-refractivity contribution in [2.45, 2.75) is 13.0 Å². The van der Waals surface area contributed by atoms with E-state index in [1.54, 1.807) is 6.07 Å². The molecule has 0 fully saturated rings. The van der Waals surface area contributed by atoms with E-state index in [-0.39, 0.29) is 0 Å². The minimum absolute atomic E-state index is 0.528. The van der Waals surface area contributed by atoms with Crippen LogP contribution in [-0.4, -0.2) is 10.9 Å². The van der Waals surface area contributed by atoms with Gasteiger partial charge in [0.25, 0.3) is 0 Å². The molecule has 4 nitrogen and oxygen atoms in total. The predicted octanol–water partition coefficient (Wildman–Crippen LogP) is 1.03. The molecule has 1 aromatic heterocycles. The van der Waals surface area contributed by atoms with Crippen molar-refractivity contribution >= 4 is 16.8 Å². The average molecular weight is 215 g/mol. The quantitative estimate of drug-likeness (QED) is 0.784. The molecular formula is C12H13N3O. The van der Waals surface area contributed by atoms with Gasteiger partial charge in [0, 0.05) is 11.1 Å². The van der Waals surface area contributed by atoms with Gasteiger partial charge in [0.15, 0.2) is 0 Å². The molecule has 0 saturated heterocycles. The van der Waals surface area contributed by atoms with Crippen LogP contribution in [0.5, 0.6) is 0 Å².